The summed E-state index contributed by atoms with van der Waals surface area (Å²) >= 11 is 5.84. The van der Waals surface area contributed by atoms with E-state index in [4.69, 9.17) is 21.1 Å². The van der Waals surface area contributed by atoms with E-state index < -0.39 is 18.0 Å². The largest absolute Gasteiger partial charge is 0.461 e. The summed E-state index contributed by atoms with van der Waals surface area (Å²) in [7, 11) is 0. The molecule has 0 unspecified atom stereocenters. The number of hydrogen-bond acceptors (Lipinski definition) is 4. The molecule has 2 aliphatic rings. The lowest BCUT2D eigenvalue weighted by Crippen LogP contribution is -2.37. The van der Waals surface area contributed by atoms with Crippen LogP contribution in [0, 0.1) is 6.92 Å². The lowest BCUT2D eigenvalue weighted by molar-refractivity contribution is -0.0684. The molecule has 2 aliphatic heterocycles. The zero-order valence-electron chi connectivity index (χ0n) is 9.73. The molecule has 1 fully saturated rings. The lowest BCUT2D eigenvalue weighted by atomic mass is 10.0. The highest BCUT2D eigenvalue weighted by Gasteiger charge is 2.50. The number of nitrogens with zero attached hydrogens (tertiary/aromatic N) is 2. The highest BCUT2D eigenvalue weighted by Crippen LogP contribution is 2.43. The van der Waals surface area contributed by atoms with Gasteiger partial charge >= 0.3 is 6.01 Å². The molecule has 1 saturated heterocycles. The van der Waals surface area contributed by atoms with Gasteiger partial charge in [0, 0.05) is 18.2 Å². The minimum absolute atomic E-state index is 0.0879. The molecule has 0 N–H and O–H groups in total. The zero-order valence-corrected chi connectivity index (χ0v) is 10.5. The molecular weight excluding hydrogens is 263 g/mol. The summed E-state index contributed by atoms with van der Waals surface area (Å²) in [5.41, 5.74) is -0.797. The van der Waals surface area contributed by atoms with Crippen LogP contribution in [0.15, 0.2) is 11.0 Å². The molecule has 0 spiro atoms. The van der Waals surface area contributed by atoms with Crippen molar-refractivity contribution < 1.29 is 13.9 Å². The third kappa shape index (κ3) is 1.63. The Bertz CT molecular complexity index is 550. The number of alkyl halides is 2. The fourth-order valence-electron chi connectivity index (χ4n) is 2.32. The highest BCUT2D eigenvalue weighted by molar-refractivity contribution is 6.18. The van der Waals surface area contributed by atoms with Gasteiger partial charge in [-0.05, 0) is 6.92 Å². The Balaban J connectivity index is 2.12. The number of hydrogen-bond donors (Lipinski definition) is 0. The second kappa shape index (κ2) is 3.93. The quantitative estimate of drug-likeness (QED) is 0.722. The molecule has 3 atom stereocenters. The molecular formula is C11H12ClFN2O3. The Morgan fingerprint density at radius 2 is 2.50 bits per heavy atom. The molecule has 98 valence electrons. The number of fused-ring (bicyclic) bond motifs is 4. The summed E-state index contributed by atoms with van der Waals surface area (Å²) in [6, 6.07) is 0.0879. The molecule has 0 radical (unpaired) electrons. The van der Waals surface area contributed by atoms with Crippen LogP contribution < -0.4 is 10.3 Å². The highest BCUT2D eigenvalue weighted by atomic mass is 35.5. The molecule has 5 nitrogen and oxygen atoms in total. The molecule has 18 heavy (non-hydrogen) atoms. The third-order valence-electron chi connectivity index (χ3n) is 3.32. The molecule has 0 amide bonds. The van der Waals surface area contributed by atoms with E-state index in [1.807, 2.05) is 0 Å². The standard InChI is InChI=1S/C11H12ClFN2O3/c1-6-3-15-9-7(13)2-11(4-12,18-9)5-17-10(15)14-8(6)16/h3,7,9H,2,4-5H2,1H3/t7-,9-,11-/m1/s1. The number of aryl methyl sites for hydroxylation is 1. The average molecular weight is 275 g/mol. The van der Waals surface area contributed by atoms with Crippen molar-refractivity contribution in [3.05, 3.63) is 22.1 Å². The van der Waals surface area contributed by atoms with Crippen molar-refractivity contribution in [2.24, 2.45) is 0 Å². The molecule has 0 saturated carbocycles. The Morgan fingerprint density at radius 3 is 3.22 bits per heavy atom. The number of rotatable bonds is 1. The Labute approximate surface area is 107 Å². The minimum Gasteiger partial charge on any atom is -0.461 e. The fourth-order valence-corrected chi connectivity index (χ4v) is 2.57. The van der Waals surface area contributed by atoms with Crippen LogP contribution in [-0.4, -0.2) is 33.8 Å². The van der Waals surface area contributed by atoms with E-state index in [1.54, 1.807) is 6.92 Å². The predicted octanol–water partition coefficient (Wildman–Crippen LogP) is 1.18. The summed E-state index contributed by atoms with van der Waals surface area (Å²) in [5.74, 6) is 0.141. The van der Waals surface area contributed by atoms with E-state index in [0.717, 1.165) is 0 Å². The van der Waals surface area contributed by atoms with Gasteiger partial charge in [-0.1, -0.05) is 0 Å². The minimum atomic E-state index is -1.19. The monoisotopic (exact) mass is 274 g/mol. The van der Waals surface area contributed by atoms with Gasteiger partial charge in [0.2, 0.25) is 0 Å². The van der Waals surface area contributed by atoms with Crippen LogP contribution in [0.25, 0.3) is 0 Å². The predicted molar refractivity (Wildman–Crippen MR) is 61.8 cm³/mol. The number of aromatic nitrogens is 2. The van der Waals surface area contributed by atoms with Gasteiger partial charge < -0.3 is 9.47 Å². The van der Waals surface area contributed by atoms with Crippen LogP contribution >= 0.6 is 11.6 Å². The Hall–Kier alpha value is -1.14. The van der Waals surface area contributed by atoms with Gasteiger partial charge in [-0.15, -0.1) is 11.6 Å². The van der Waals surface area contributed by atoms with Crippen molar-refractivity contribution in [1.82, 2.24) is 9.55 Å². The maximum Gasteiger partial charge on any atom is 0.302 e. The van der Waals surface area contributed by atoms with Crippen molar-refractivity contribution in [2.45, 2.75) is 31.3 Å². The van der Waals surface area contributed by atoms with Crippen molar-refractivity contribution in [3.63, 3.8) is 0 Å². The second-order valence-electron chi connectivity index (χ2n) is 4.75. The normalized spacial score (nSPS) is 33.7. The maximum atomic E-state index is 14.0. The van der Waals surface area contributed by atoms with Crippen LogP contribution in [-0.2, 0) is 4.74 Å². The van der Waals surface area contributed by atoms with Crippen LogP contribution in [0.3, 0.4) is 0 Å². The molecule has 3 rings (SSSR count). The first-order valence-electron chi connectivity index (χ1n) is 5.65. The number of ether oxygens (including phenoxy) is 2. The van der Waals surface area contributed by atoms with Crippen LogP contribution in [0.2, 0.25) is 0 Å². The van der Waals surface area contributed by atoms with Gasteiger partial charge in [0.15, 0.2) is 6.23 Å². The van der Waals surface area contributed by atoms with Crippen LogP contribution in [0.4, 0.5) is 4.39 Å². The SMILES string of the molecule is Cc1cn2c(nc1=O)OC[C@]1(CCl)C[C@@H](F)[C@H]2O1. The van der Waals surface area contributed by atoms with Crippen molar-refractivity contribution >= 4 is 11.6 Å². The van der Waals surface area contributed by atoms with Gasteiger partial charge in [0.05, 0.1) is 5.88 Å². The lowest BCUT2D eigenvalue weighted by Gasteiger charge is -2.22. The number of halogens is 2. The molecule has 7 heteroatoms. The fraction of sp³-hybridized carbons (Fsp3) is 0.636. The Kier molecular flexibility index (Phi) is 2.60. The molecule has 2 bridgehead atoms. The molecule has 3 heterocycles. The molecule has 1 aromatic heterocycles. The van der Waals surface area contributed by atoms with Crippen molar-refractivity contribution in [1.29, 1.82) is 0 Å². The van der Waals surface area contributed by atoms with Gasteiger partial charge in [-0.25, -0.2) is 4.39 Å². The molecule has 0 aliphatic carbocycles. The van der Waals surface area contributed by atoms with E-state index in [1.165, 1.54) is 10.8 Å². The molecule has 0 aromatic carbocycles. The van der Waals surface area contributed by atoms with Crippen molar-refractivity contribution in [2.75, 3.05) is 12.5 Å². The average Bonchev–Trinajstić information content (AvgIpc) is 2.59. The maximum absolute atomic E-state index is 14.0. The van der Waals surface area contributed by atoms with Crippen LogP contribution in [0.1, 0.15) is 18.2 Å². The first-order valence-corrected chi connectivity index (χ1v) is 6.18. The summed E-state index contributed by atoms with van der Waals surface area (Å²) in [6.07, 6.45) is -0.313. The first kappa shape index (κ1) is 11.9. The summed E-state index contributed by atoms with van der Waals surface area (Å²) in [6.45, 7) is 1.72. The van der Waals surface area contributed by atoms with Crippen LogP contribution in [0.5, 0.6) is 6.01 Å². The second-order valence-corrected chi connectivity index (χ2v) is 5.02. The first-order chi connectivity index (χ1) is 8.54. The van der Waals surface area contributed by atoms with Gasteiger partial charge in [0.1, 0.15) is 18.4 Å². The van der Waals surface area contributed by atoms with E-state index in [9.17, 15) is 9.18 Å². The summed E-state index contributed by atoms with van der Waals surface area (Å²) < 4.78 is 26.6. The van der Waals surface area contributed by atoms with Crippen molar-refractivity contribution in [3.8, 4) is 6.01 Å². The smallest absolute Gasteiger partial charge is 0.302 e. The van der Waals surface area contributed by atoms with E-state index in [0.29, 0.717) is 5.56 Å². The van der Waals surface area contributed by atoms with E-state index in [2.05, 4.69) is 4.98 Å². The van der Waals surface area contributed by atoms with Gasteiger partial charge in [0.25, 0.3) is 5.56 Å². The Morgan fingerprint density at radius 1 is 1.72 bits per heavy atom. The summed E-state index contributed by atoms with van der Waals surface area (Å²) in [4.78, 5) is 15.3. The van der Waals surface area contributed by atoms with Gasteiger partial charge in [-0.2, -0.15) is 4.98 Å². The van der Waals surface area contributed by atoms with E-state index >= 15 is 0 Å². The van der Waals surface area contributed by atoms with Gasteiger partial charge in [-0.3, -0.25) is 9.36 Å². The summed E-state index contributed by atoms with van der Waals surface area (Å²) in [5, 5.41) is 0. The zero-order chi connectivity index (χ0) is 12.9. The van der Waals surface area contributed by atoms with E-state index in [-0.39, 0.29) is 30.5 Å². The third-order valence-corrected chi connectivity index (χ3v) is 3.80. The topological polar surface area (TPSA) is 53.4 Å². The molecule has 1 aromatic rings.